The lowest BCUT2D eigenvalue weighted by molar-refractivity contribution is -0.129. The second kappa shape index (κ2) is 10.9. The molecular weight excluding hydrogens is 474 g/mol. The van der Waals surface area contributed by atoms with Crippen molar-refractivity contribution >= 4 is 29.5 Å². The molecule has 36 heavy (non-hydrogen) atoms. The molecule has 6 heteroatoms. The molecule has 0 atom stereocenters. The molecule has 0 fully saturated rings. The first kappa shape index (κ1) is 23.4. The van der Waals surface area contributed by atoms with Crippen LogP contribution in [0.5, 0.6) is 11.5 Å². The molecule has 1 aliphatic rings. The first-order valence-corrected chi connectivity index (χ1v) is 11.8. The van der Waals surface area contributed by atoms with Gasteiger partial charge in [-0.2, -0.15) is 0 Å². The van der Waals surface area contributed by atoms with Gasteiger partial charge in [0, 0.05) is 11.6 Å². The molecule has 5 rings (SSSR count). The number of benzene rings is 4. The highest BCUT2D eigenvalue weighted by molar-refractivity contribution is 6.34. The number of cyclic esters (lactones) is 1. The number of halogens is 1. The van der Waals surface area contributed by atoms with E-state index in [0.717, 1.165) is 11.1 Å². The molecule has 178 valence electrons. The molecule has 0 bridgehead atoms. The van der Waals surface area contributed by atoms with Crippen LogP contribution < -0.4 is 9.47 Å². The summed E-state index contributed by atoms with van der Waals surface area (Å²) >= 11 is 6.25. The van der Waals surface area contributed by atoms with Gasteiger partial charge in [-0.1, -0.05) is 84.4 Å². The zero-order valence-corrected chi connectivity index (χ0v) is 20.0. The minimum atomic E-state index is -0.552. The Morgan fingerprint density at radius 3 is 2.11 bits per heavy atom. The third-order valence-corrected chi connectivity index (χ3v) is 5.82. The lowest BCUT2D eigenvalue weighted by atomic mass is 10.1. The molecule has 4 aromatic rings. The van der Waals surface area contributed by atoms with E-state index in [9.17, 15) is 4.79 Å². The third kappa shape index (κ3) is 5.65. The van der Waals surface area contributed by atoms with Gasteiger partial charge >= 0.3 is 5.97 Å². The van der Waals surface area contributed by atoms with Gasteiger partial charge in [0.2, 0.25) is 5.90 Å². The van der Waals surface area contributed by atoms with Crippen molar-refractivity contribution < 1.29 is 19.0 Å². The second-order valence-electron chi connectivity index (χ2n) is 8.06. The Morgan fingerprint density at radius 2 is 1.42 bits per heavy atom. The van der Waals surface area contributed by atoms with Gasteiger partial charge in [-0.25, -0.2) is 9.79 Å². The quantitative estimate of drug-likeness (QED) is 0.198. The molecule has 0 radical (unpaired) electrons. The zero-order valence-electron chi connectivity index (χ0n) is 19.3. The topological polar surface area (TPSA) is 57.1 Å². The van der Waals surface area contributed by atoms with Gasteiger partial charge in [0.1, 0.15) is 24.7 Å². The van der Waals surface area contributed by atoms with E-state index in [4.69, 9.17) is 25.8 Å². The van der Waals surface area contributed by atoms with Crippen LogP contribution in [0.15, 0.2) is 114 Å². The smallest absolute Gasteiger partial charge is 0.363 e. The van der Waals surface area contributed by atoms with E-state index in [1.807, 2.05) is 84.9 Å². The minimum absolute atomic E-state index is 0.160. The fraction of sp³-hybridized carbons (Fsp3) is 0.0667. The molecule has 0 aromatic heterocycles. The standard InChI is InChI=1S/C30H22ClNO4/c31-26-14-8-7-13-25(26)29-32-27(30(33)36-29)17-23-15-16-24(34-19-21-9-3-1-4-10-21)18-28(23)35-20-22-11-5-2-6-12-22/h1-18H,19-20H2/b27-17+. The van der Waals surface area contributed by atoms with Crippen LogP contribution in [-0.2, 0) is 22.7 Å². The van der Waals surface area contributed by atoms with Gasteiger partial charge in [0.25, 0.3) is 0 Å². The van der Waals surface area contributed by atoms with Crippen molar-refractivity contribution in [1.82, 2.24) is 0 Å². The highest BCUT2D eigenvalue weighted by atomic mass is 35.5. The number of carbonyl (C=O) groups is 1. The molecular formula is C30H22ClNO4. The summed E-state index contributed by atoms with van der Waals surface area (Å²) in [6.45, 7) is 0.787. The van der Waals surface area contributed by atoms with Crippen LogP contribution in [0.3, 0.4) is 0 Å². The number of nitrogens with zero attached hydrogens (tertiary/aromatic N) is 1. The molecule has 0 saturated heterocycles. The SMILES string of the molecule is O=C1OC(c2ccccc2Cl)=N/C1=C/c1ccc(OCc2ccccc2)cc1OCc1ccccc1. The lowest BCUT2D eigenvalue weighted by Crippen LogP contribution is -2.05. The van der Waals surface area contributed by atoms with E-state index in [1.165, 1.54) is 0 Å². The van der Waals surface area contributed by atoms with Crippen LogP contribution in [0.1, 0.15) is 22.3 Å². The molecule has 0 N–H and O–H groups in total. The van der Waals surface area contributed by atoms with E-state index in [0.29, 0.717) is 40.9 Å². The van der Waals surface area contributed by atoms with Crippen molar-refractivity contribution in [3.8, 4) is 11.5 Å². The van der Waals surface area contributed by atoms with Crippen LogP contribution >= 0.6 is 11.6 Å². The maximum absolute atomic E-state index is 12.6. The molecule has 0 unspecified atom stereocenters. The number of hydrogen-bond donors (Lipinski definition) is 0. The zero-order chi connectivity index (χ0) is 24.7. The van der Waals surface area contributed by atoms with Gasteiger partial charge in [-0.3, -0.25) is 0 Å². The molecule has 1 heterocycles. The van der Waals surface area contributed by atoms with Crippen LogP contribution in [0.2, 0.25) is 5.02 Å². The molecule has 0 saturated carbocycles. The summed E-state index contributed by atoms with van der Waals surface area (Å²) in [5.41, 5.74) is 3.47. The van der Waals surface area contributed by atoms with Gasteiger partial charge in [0.05, 0.1) is 10.6 Å². The summed E-state index contributed by atoms with van der Waals surface area (Å²) in [4.78, 5) is 17.0. The first-order valence-electron chi connectivity index (χ1n) is 11.4. The Kier molecular flexibility index (Phi) is 7.10. The van der Waals surface area contributed by atoms with Crippen LogP contribution in [-0.4, -0.2) is 11.9 Å². The second-order valence-corrected chi connectivity index (χ2v) is 8.47. The third-order valence-electron chi connectivity index (χ3n) is 5.49. The predicted molar refractivity (Wildman–Crippen MR) is 140 cm³/mol. The molecule has 4 aromatic carbocycles. The summed E-state index contributed by atoms with van der Waals surface area (Å²) in [6, 6.07) is 32.4. The number of aliphatic imine (C=N–C) groups is 1. The number of carbonyl (C=O) groups excluding carboxylic acids is 1. The van der Waals surface area contributed by atoms with Crippen LogP contribution in [0, 0.1) is 0 Å². The van der Waals surface area contributed by atoms with Crippen molar-refractivity contribution in [2.75, 3.05) is 0 Å². The van der Waals surface area contributed by atoms with Crippen LogP contribution in [0.4, 0.5) is 0 Å². The Balaban J connectivity index is 1.43. The fourth-order valence-corrected chi connectivity index (χ4v) is 3.85. The van der Waals surface area contributed by atoms with Crippen molar-refractivity contribution in [3.05, 3.63) is 136 Å². The van der Waals surface area contributed by atoms with Crippen LogP contribution in [0.25, 0.3) is 6.08 Å². The Labute approximate surface area is 214 Å². The van der Waals surface area contributed by atoms with Crippen molar-refractivity contribution in [2.24, 2.45) is 4.99 Å². The summed E-state index contributed by atoms with van der Waals surface area (Å²) < 4.78 is 17.5. The summed E-state index contributed by atoms with van der Waals surface area (Å²) in [5.74, 6) is 0.833. The monoisotopic (exact) mass is 495 g/mol. The highest BCUT2D eigenvalue weighted by Gasteiger charge is 2.26. The molecule has 1 aliphatic heterocycles. The average Bonchev–Trinajstić information content (AvgIpc) is 3.28. The Morgan fingerprint density at radius 1 is 0.778 bits per heavy atom. The number of ether oxygens (including phenoxy) is 3. The number of rotatable bonds is 8. The molecule has 0 spiro atoms. The normalized spacial score (nSPS) is 13.9. The van der Waals surface area contributed by atoms with E-state index in [2.05, 4.69) is 4.99 Å². The summed E-state index contributed by atoms with van der Waals surface area (Å²) in [7, 11) is 0. The predicted octanol–water partition coefficient (Wildman–Crippen LogP) is 6.84. The molecule has 0 aliphatic carbocycles. The largest absolute Gasteiger partial charge is 0.489 e. The van der Waals surface area contributed by atoms with E-state index < -0.39 is 5.97 Å². The average molecular weight is 496 g/mol. The number of hydrogen-bond acceptors (Lipinski definition) is 5. The number of esters is 1. The molecule has 0 amide bonds. The Bertz CT molecular complexity index is 1430. The summed E-state index contributed by atoms with van der Waals surface area (Å²) in [6.07, 6.45) is 1.65. The van der Waals surface area contributed by atoms with Gasteiger partial charge < -0.3 is 14.2 Å². The van der Waals surface area contributed by atoms with Gasteiger partial charge in [-0.05, 0) is 41.5 Å². The van der Waals surface area contributed by atoms with E-state index in [-0.39, 0.29) is 11.6 Å². The fourth-order valence-electron chi connectivity index (χ4n) is 3.63. The van der Waals surface area contributed by atoms with E-state index in [1.54, 1.807) is 24.3 Å². The minimum Gasteiger partial charge on any atom is -0.489 e. The maximum Gasteiger partial charge on any atom is 0.363 e. The van der Waals surface area contributed by atoms with E-state index >= 15 is 0 Å². The highest BCUT2D eigenvalue weighted by Crippen LogP contribution is 2.30. The van der Waals surface area contributed by atoms with Crippen molar-refractivity contribution in [3.63, 3.8) is 0 Å². The Hall–Kier alpha value is -4.35. The lowest BCUT2D eigenvalue weighted by Gasteiger charge is -2.13. The first-order chi connectivity index (χ1) is 17.7. The molecule has 5 nitrogen and oxygen atoms in total. The van der Waals surface area contributed by atoms with Crippen molar-refractivity contribution in [1.29, 1.82) is 0 Å². The maximum atomic E-state index is 12.6. The van der Waals surface area contributed by atoms with Crippen molar-refractivity contribution in [2.45, 2.75) is 13.2 Å². The van der Waals surface area contributed by atoms with Gasteiger partial charge in [0.15, 0.2) is 5.70 Å². The van der Waals surface area contributed by atoms with Gasteiger partial charge in [-0.15, -0.1) is 0 Å². The summed E-state index contributed by atoms with van der Waals surface area (Å²) in [5, 5.41) is 0.456.